The zero-order chi connectivity index (χ0) is 11.1. The second-order valence-electron chi connectivity index (χ2n) is 4.30. The van der Waals surface area contributed by atoms with E-state index in [2.05, 4.69) is 19.2 Å². The third-order valence-corrected chi connectivity index (χ3v) is 3.43. The molecular weight excluding hydrogens is 190 g/mol. The molecular formula is C12H25NO2. The number of methoxy groups -OCH3 is 1. The third-order valence-electron chi connectivity index (χ3n) is 3.43. The Morgan fingerprint density at radius 2 is 2.00 bits per heavy atom. The van der Waals surface area contributed by atoms with Crippen molar-refractivity contribution in [2.45, 2.75) is 51.2 Å². The third kappa shape index (κ3) is 3.16. The van der Waals surface area contributed by atoms with E-state index in [0.29, 0.717) is 6.04 Å². The van der Waals surface area contributed by atoms with Crippen molar-refractivity contribution in [2.75, 3.05) is 26.9 Å². The van der Waals surface area contributed by atoms with Gasteiger partial charge in [0, 0.05) is 39.2 Å². The van der Waals surface area contributed by atoms with Gasteiger partial charge in [-0.3, -0.25) is 0 Å². The average molecular weight is 215 g/mol. The Morgan fingerprint density at radius 1 is 1.33 bits per heavy atom. The van der Waals surface area contributed by atoms with E-state index in [4.69, 9.17) is 9.47 Å². The lowest BCUT2D eigenvalue weighted by atomic mass is 9.84. The molecule has 1 N–H and O–H groups in total. The van der Waals surface area contributed by atoms with Crippen molar-refractivity contribution >= 4 is 0 Å². The highest BCUT2D eigenvalue weighted by Gasteiger charge is 2.39. The summed E-state index contributed by atoms with van der Waals surface area (Å²) in [5.74, 6) is 0. The molecule has 1 fully saturated rings. The van der Waals surface area contributed by atoms with E-state index in [-0.39, 0.29) is 5.60 Å². The van der Waals surface area contributed by atoms with Gasteiger partial charge in [0.2, 0.25) is 0 Å². The van der Waals surface area contributed by atoms with E-state index < -0.39 is 0 Å². The van der Waals surface area contributed by atoms with Crippen molar-refractivity contribution in [1.82, 2.24) is 5.32 Å². The molecule has 0 radical (unpaired) electrons. The number of rotatable bonds is 6. The first-order valence-electron chi connectivity index (χ1n) is 6.15. The maximum Gasteiger partial charge on any atom is 0.0874 e. The van der Waals surface area contributed by atoms with Crippen LogP contribution in [0.2, 0.25) is 0 Å². The quantitative estimate of drug-likeness (QED) is 0.734. The molecule has 1 saturated heterocycles. The second kappa shape index (κ2) is 6.46. The number of ether oxygens (including phenoxy) is 2. The van der Waals surface area contributed by atoms with Gasteiger partial charge in [-0.15, -0.1) is 0 Å². The molecule has 1 aliphatic heterocycles. The van der Waals surface area contributed by atoms with Crippen LogP contribution < -0.4 is 5.32 Å². The van der Waals surface area contributed by atoms with Crippen molar-refractivity contribution in [1.29, 1.82) is 0 Å². The van der Waals surface area contributed by atoms with Crippen LogP contribution in [0.3, 0.4) is 0 Å². The standard InChI is InChI=1S/C12H25NO2/c1-4-8-13-11(5-2)12(14-3)6-9-15-10-7-12/h11,13H,4-10H2,1-3H3. The molecule has 15 heavy (non-hydrogen) atoms. The predicted molar refractivity (Wildman–Crippen MR) is 62.2 cm³/mol. The Hall–Kier alpha value is -0.120. The summed E-state index contributed by atoms with van der Waals surface area (Å²) in [7, 11) is 1.83. The zero-order valence-electron chi connectivity index (χ0n) is 10.3. The minimum absolute atomic E-state index is 0.00215. The van der Waals surface area contributed by atoms with Gasteiger partial charge in [0.15, 0.2) is 0 Å². The first-order chi connectivity index (χ1) is 7.29. The fraction of sp³-hybridized carbons (Fsp3) is 1.00. The fourth-order valence-electron chi connectivity index (χ4n) is 2.43. The van der Waals surface area contributed by atoms with Crippen LogP contribution in [0, 0.1) is 0 Å². The Bertz CT molecular complexity index is 167. The Kier molecular flexibility index (Phi) is 5.58. The summed E-state index contributed by atoms with van der Waals surface area (Å²) in [5, 5.41) is 3.60. The number of hydrogen-bond acceptors (Lipinski definition) is 3. The van der Waals surface area contributed by atoms with Crippen LogP contribution in [0.1, 0.15) is 39.5 Å². The van der Waals surface area contributed by atoms with Gasteiger partial charge in [0.25, 0.3) is 0 Å². The number of nitrogens with one attached hydrogen (secondary N) is 1. The SMILES string of the molecule is CCCNC(CC)C1(OC)CCOCC1. The highest BCUT2D eigenvalue weighted by Crippen LogP contribution is 2.29. The Labute approximate surface area is 93.5 Å². The second-order valence-corrected chi connectivity index (χ2v) is 4.30. The lowest BCUT2D eigenvalue weighted by Gasteiger charge is -2.42. The van der Waals surface area contributed by atoms with Crippen LogP contribution in [-0.4, -0.2) is 38.5 Å². The molecule has 1 unspecified atom stereocenters. The van der Waals surface area contributed by atoms with Crippen LogP contribution in [0.5, 0.6) is 0 Å². The van der Waals surface area contributed by atoms with Gasteiger partial charge in [-0.1, -0.05) is 13.8 Å². The normalized spacial score (nSPS) is 22.6. The van der Waals surface area contributed by atoms with Gasteiger partial charge in [-0.25, -0.2) is 0 Å². The molecule has 3 heteroatoms. The predicted octanol–water partition coefficient (Wildman–Crippen LogP) is 1.96. The highest BCUT2D eigenvalue weighted by molar-refractivity contribution is 4.94. The minimum Gasteiger partial charge on any atom is -0.381 e. The lowest BCUT2D eigenvalue weighted by Crippen LogP contribution is -2.54. The molecule has 1 atom stereocenters. The molecule has 0 aliphatic carbocycles. The monoisotopic (exact) mass is 215 g/mol. The van der Waals surface area contributed by atoms with Gasteiger partial charge in [0.05, 0.1) is 5.60 Å². The fourth-order valence-corrected chi connectivity index (χ4v) is 2.43. The summed E-state index contributed by atoms with van der Waals surface area (Å²) in [6.45, 7) is 7.16. The van der Waals surface area contributed by atoms with Crippen molar-refractivity contribution in [3.63, 3.8) is 0 Å². The Balaban J connectivity index is 2.58. The molecule has 1 rings (SSSR count). The maximum atomic E-state index is 5.79. The van der Waals surface area contributed by atoms with E-state index >= 15 is 0 Å². The molecule has 1 aliphatic rings. The summed E-state index contributed by atoms with van der Waals surface area (Å²) >= 11 is 0. The summed E-state index contributed by atoms with van der Waals surface area (Å²) in [4.78, 5) is 0. The zero-order valence-corrected chi connectivity index (χ0v) is 10.3. The first kappa shape index (κ1) is 12.9. The van der Waals surface area contributed by atoms with Gasteiger partial charge >= 0.3 is 0 Å². The van der Waals surface area contributed by atoms with Gasteiger partial charge in [-0.2, -0.15) is 0 Å². The molecule has 0 aromatic heterocycles. The van der Waals surface area contributed by atoms with Crippen molar-refractivity contribution in [3.8, 4) is 0 Å². The summed E-state index contributed by atoms with van der Waals surface area (Å²) < 4.78 is 11.2. The van der Waals surface area contributed by atoms with E-state index in [1.807, 2.05) is 7.11 Å². The van der Waals surface area contributed by atoms with Crippen molar-refractivity contribution in [2.24, 2.45) is 0 Å². The maximum absolute atomic E-state index is 5.79. The lowest BCUT2D eigenvalue weighted by molar-refractivity contribution is -0.110. The van der Waals surface area contributed by atoms with E-state index in [1.54, 1.807) is 0 Å². The largest absolute Gasteiger partial charge is 0.381 e. The minimum atomic E-state index is 0.00215. The molecule has 0 bridgehead atoms. The Morgan fingerprint density at radius 3 is 2.47 bits per heavy atom. The first-order valence-corrected chi connectivity index (χ1v) is 6.15. The molecule has 3 nitrogen and oxygen atoms in total. The van der Waals surface area contributed by atoms with Crippen molar-refractivity contribution in [3.05, 3.63) is 0 Å². The molecule has 1 heterocycles. The average Bonchev–Trinajstić information content (AvgIpc) is 2.31. The summed E-state index contributed by atoms with van der Waals surface area (Å²) in [6, 6.07) is 0.464. The van der Waals surface area contributed by atoms with Crippen LogP contribution in [0.15, 0.2) is 0 Å². The van der Waals surface area contributed by atoms with Crippen molar-refractivity contribution < 1.29 is 9.47 Å². The topological polar surface area (TPSA) is 30.5 Å². The summed E-state index contributed by atoms with van der Waals surface area (Å²) in [6.07, 6.45) is 4.32. The molecule has 0 aromatic carbocycles. The summed E-state index contributed by atoms with van der Waals surface area (Å²) in [5.41, 5.74) is 0.00215. The highest BCUT2D eigenvalue weighted by atomic mass is 16.5. The van der Waals surface area contributed by atoms with Crippen LogP contribution in [0.25, 0.3) is 0 Å². The molecule has 0 aromatic rings. The molecule has 0 amide bonds. The molecule has 0 spiro atoms. The number of hydrogen-bond donors (Lipinski definition) is 1. The van der Waals surface area contributed by atoms with Crippen LogP contribution >= 0.6 is 0 Å². The van der Waals surface area contributed by atoms with Crippen LogP contribution in [-0.2, 0) is 9.47 Å². The van der Waals surface area contributed by atoms with E-state index in [9.17, 15) is 0 Å². The van der Waals surface area contributed by atoms with E-state index in [0.717, 1.165) is 39.0 Å². The van der Waals surface area contributed by atoms with Crippen LogP contribution in [0.4, 0.5) is 0 Å². The smallest absolute Gasteiger partial charge is 0.0874 e. The van der Waals surface area contributed by atoms with Gasteiger partial charge in [0.1, 0.15) is 0 Å². The van der Waals surface area contributed by atoms with E-state index in [1.165, 1.54) is 6.42 Å². The van der Waals surface area contributed by atoms with Gasteiger partial charge < -0.3 is 14.8 Å². The molecule has 90 valence electrons. The molecule has 0 saturated carbocycles. The van der Waals surface area contributed by atoms with Gasteiger partial charge in [-0.05, 0) is 19.4 Å².